The maximum Gasteiger partial charge on any atom is 0.303 e. The Balaban J connectivity index is 2.10. The molecule has 2 aromatic heterocycles. The second-order valence-electron chi connectivity index (χ2n) is 5.22. The van der Waals surface area contributed by atoms with Gasteiger partial charge < -0.3 is 9.63 Å². The lowest BCUT2D eigenvalue weighted by Crippen LogP contribution is -2.03. The first-order chi connectivity index (χ1) is 9.08. The molecule has 1 N–H and O–H groups in total. The van der Waals surface area contributed by atoms with Crippen LogP contribution in [0.1, 0.15) is 47.7 Å². The standard InChI is InChI=1S/C14H16N2O3/c1-7-10(5-6-11(17)18)8(2)15-14-12(7)13(16-19-14)9-3-4-9/h9H,3-6H2,1-2H3,(H,17,18). The van der Waals surface area contributed by atoms with Crippen LogP contribution in [0, 0.1) is 13.8 Å². The summed E-state index contributed by atoms with van der Waals surface area (Å²) in [5, 5.41) is 14.0. The Hall–Kier alpha value is -1.91. The first-order valence-electron chi connectivity index (χ1n) is 6.55. The van der Waals surface area contributed by atoms with Crippen LogP contribution in [0.4, 0.5) is 0 Å². The highest BCUT2D eigenvalue weighted by Crippen LogP contribution is 2.43. The molecule has 0 unspecified atom stereocenters. The van der Waals surface area contributed by atoms with Crippen LogP contribution in [0.15, 0.2) is 4.52 Å². The molecule has 0 amide bonds. The zero-order chi connectivity index (χ0) is 13.6. The van der Waals surface area contributed by atoms with E-state index in [1.807, 2.05) is 13.8 Å². The van der Waals surface area contributed by atoms with Gasteiger partial charge in [0.05, 0.1) is 11.1 Å². The molecule has 100 valence electrons. The first-order valence-corrected chi connectivity index (χ1v) is 6.55. The van der Waals surface area contributed by atoms with Crippen LogP contribution in [-0.4, -0.2) is 21.2 Å². The van der Waals surface area contributed by atoms with E-state index in [0.717, 1.165) is 40.7 Å². The van der Waals surface area contributed by atoms with Crippen molar-refractivity contribution < 1.29 is 14.4 Å². The summed E-state index contributed by atoms with van der Waals surface area (Å²) in [5.74, 6) is -0.289. The summed E-state index contributed by atoms with van der Waals surface area (Å²) in [7, 11) is 0. The average Bonchev–Trinajstić information content (AvgIpc) is 3.09. The zero-order valence-corrected chi connectivity index (χ0v) is 11.1. The molecule has 2 aromatic rings. The monoisotopic (exact) mass is 260 g/mol. The highest BCUT2D eigenvalue weighted by atomic mass is 16.5. The molecule has 1 aliphatic carbocycles. The van der Waals surface area contributed by atoms with E-state index in [1.165, 1.54) is 0 Å². The topological polar surface area (TPSA) is 76.2 Å². The fraction of sp³-hybridized carbons (Fsp3) is 0.500. The summed E-state index contributed by atoms with van der Waals surface area (Å²) < 4.78 is 5.32. The minimum atomic E-state index is -0.786. The van der Waals surface area contributed by atoms with Gasteiger partial charge in [-0.15, -0.1) is 0 Å². The Labute approximate surface area is 110 Å². The van der Waals surface area contributed by atoms with Crippen LogP contribution in [-0.2, 0) is 11.2 Å². The summed E-state index contributed by atoms with van der Waals surface area (Å²) >= 11 is 0. The molecule has 0 spiro atoms. The molecule has 0 bridgehead atoms. The second-order valence-corrected chi connectivity index (χ2v) is 5.22. The summed E-state index contributed by atoms with van der Waals surface area (Å²) in [5.41, 5.74) is 4.50. The van der Waals surface area contributed by atoms with Crippen molar-refractivity contribution in [1.82, 2.24) is 10.1 Å². The molecule has 0 saturated heterocycles. The van der Waals surface area contributed by atoms with Gasteiger partial charge in [-0.1, -0.05) is 5.16 Å². The van der Waals surface area contributed by atoms with Gasteiger partial charge in [-0.05, 0) is 44.2 Å². The third-order valence-corrected chi connectivity index (χ3v) is 3.79. The number of carboxylic acids is 1. The lowest BCUT2D eigenvalue weighted by Gasteiger charge is -2.08. The van der Waals surface area contributed by atoms with Gasteiger partial charge in [-0.25, -0.2) is 4.98 Å². The number of aryl methyl sites for hydroxylation is 2. The summed E-state index contributed by atoms with van der Waals surface area (Å²) in [6, 6.07) is 0. The molecule has 1 aliphatic rings. The highest BCUT2D eigenvalue weighted by Gasteiger charge is 2.31. The normalized spacial score (nSPS) is 15.1. The predicted molar refractivity (Wildman–Crippen MR) is 69.2 cm³/mol. The van der Waals surface area contributed by atoms with Gasteiger partial charge in [0.2, 0.25) is 0 Å². The fourth-order valence-corrected chi connectivity index (χ4v) is 2.60. The third kappa shape index (κ3) is 2.09. The zero-order valence-electron chi connectivity index (χ0n) is 11.1. The molecule has 0 aromatic carbocycles. The number of carboxylic acid groups (broad SMARTS) is 1. The van der Waals surface area contributed by atoms with Crippen molar-refractivity contribution in [3.63, 3.8) is 0 Å². The first kappa shape index (κ1) is 12.1. The number of hydrogen-bond donors (Lipinski definition) is 1. The van der Waals surface area contributed by atoms with Gasteiger partial charge in [0.15, 0.2) is 0 Å². The molecule has 0 radical (unpaired) electrons. The van der Waals surface area contributed by atoms with Gasteiger partial charge in [-0.3, -0.25) is 4.79 Å². The molecular formula is C14H16N2O3. The molecule has 2 heterocycles. The van der Waals surface area contributed by atoms with Gasteiger partial charge in [-0.2, -0.15) is 0 Å². The summed E-state index contributed by atoms with van der Waals surface area (Å²) in [6.45, 7) is 3.90. The number of hydrogen-bond acceptors (Lipinski definition) is 4. The Morgan fingerprint density at radius 2 is 2.16 bits per heavy atom. The van der Waals surface area contributed by atoms with Gasteiger partial charge in [0, 0.05) is 18.0 Å². The number of pyridine rings is 1. The number of fused-ring (bicyclic) bond motifs is 1. The van der Waals surface area contributed by atoms with Crippen molar-refractivity contribution in [3.05, 3.63) is 22.5 Å². The van der Waals surface area contributed by atoms with Crippen LogP contribution in [0.3, 0.4) is 0 Å². The maximum absolute atomic E-state index is 10.7. The predicted octanol–water partition coefficient (Wildman–Crippen LogP) is 2.73. The van der Waals surface area contributed by atoms with E-state index >= 15 is 0 Å². The average molecular weight is 260 g/mol. The minimum Gasteiger partial charge on any atom is -0.481 e. The van der Waals surface area contributed by atoms with Crippen molar-refractivity contribution in [2.75, 3.05) is 0 Å². The van der Waals surface area contributed by atoms with Crippen LogP contribution in [0.2, 0.25) is 0 Å². The van der Waals surface area contributed by atoms with Crippen molar-refractivity contribution in [1.29, 1.82) is 0 Å². The Morgan fingerprint density at radius 1 is 1.42 bits per heavy atom. The summed E-state index contributed by atoms with van der Waals surface area (Å²) in [4.78, 5) is 15.2. The molecular weight excluding hydrogens is 244 g/mol. The van der Waals surface area contributed by atoms with E-state index in [0.29, 0.717) is 18.1 Å². The lowest BCUT2D eigenvalue weighted by atomic mass is 9.98. The molecule has 0 atom stereocenters. The maximum atomic E-state index is 10.7. The summed E-state index contributed by atoms with van der Waals surface area (Å²) in [6.07, 6.45) is 2.93. The highest BCUT2D eigenvalue weighted by molar-refractivity contribution is 5.82. The van der Waals surface area contributed by atoms with E-state index in [2.05, 4.69) is 10.1 Å². The number of aliphatic carboxylic acids is 1. The number of rotatable bonds is 4. The molecule has 19 heavy (non-hydrogen) atoms. The van der Waals surface area contributed by atoms with E-state index in [1.54, 1.807) is 0 Å². The van der Waals surface area contributed by atoms with Gasteiger partial charge >= 0.3 is 5.97 Å². The quantitative estimate of drug-likeness (QED) is 0.914. The number of aromatic nitrogens is 2. The molecule has 1 saturated carbocycles. The van der Waals surface area contributed by atoms with Crippen molar-refractivity contribution in [2.24, 2.45) is 0 Å². The second kappa shape index (κ2) is 4.33. The van der Waals surface area contributed by atoms with E-state index in [-0.39, 0.29) is 6.42 Å². The van der Waals surface area contributed by atoms with E-state index in [4.69, 9.17) is 9.63 Å². The van der Waals surface area contributed by atoms with Crippen LogP contribution >= 0.6 is 0 Å². The third-order valence-electron chi connectivity index (χ3n) is 3.79. The van der Waals surface area contributed by atoms with E-state index in [9.17, 15) is 4.79 Å². The van der Waals surface area contributed by atoms with Crippen molar-refractivity contribution in [3.8, 4) is 0 Å². The number of carbonyl (C=O) groups is 1. The van der Waals surface area contributed by atoms with Crippen LogP contribution in [0.25, 0.3) is 11.1 Å². The largest absolute Gasteiger partial charge is 0.481 e. The van der Waals surface area contributed by atoms with Crippen molar-refractivity contribution in [2.45, 2.75) is 45.4 Å². The van der Waals surface area contributed by atoms with Crippen molar-refractivity contribution >= 4 is 17.1 Å². The fourth-order valence-electron chi connectivity index (χ4n) is 2.60. The Morgan fingerprint density at radius 3 is 2.79 bits per heavy atom. The number of nitrogens with zero attached hydrogens (tertiary/aromatic N) is 2. The molecule has 5 heteroatoms. The Bertz CT molecular complexity index is 656. The van der Waals surface area contributed by atoms with Crippen LogP contribution < -0.4 is 0 Å². The SMILES string of the molecule is Cc1nc2onc(C3CC3)c2c(C)c1CCC(=O)O. The minimum absolute atomic E-state index is 0.124. The molecule has 5 nitrogen and oxygen atoms in total. The molecule has 3 rings (SSSR count). The van der Waals surface area contributed by atoms with Crippen LogP contribution in [0.5, 0.6) is 0 Å². The van der Waals surface area contributed by atoms with Gasteiger partial charge in [0.1, 0.15) is 0 Å². The van der Waals surface area contributed by atoms with E-state index < -0.39 is 5.97 Å². The molecule has 1 fully saturated rings. The molecule has 0 aliphatic heterocycles. The smallest absolute Gasteiger partial charge is 0.303 e. The lowest BCUT2D eigenvalue weighted by molar-refractivity contribution is -0.136. The Kier molecular flexibility index (Phi) is 2.77. The van der Waals surface area contributed by atoms with Gasteiger partial charge in [0.25, 0.3) is 5.71 Å².